The quantitative estimate of drug-likeness (QED) is 0.526. The Bertz CT molecular complexity index is 1100. The molecule has 0 aliphatic carbocycles. The predicted molar refractivity (Wildman–Crippen MR) is 93.4 cm³/mol. The van der Waals surface area contributed by atoms with Gasteiger partial charge in [0.1, 0.15) is 0 Å². The SMILES string of the molecule is CC(=O)Nc1nnc(S(=O)(=O)Nc2ccc(S(=O)(=O)/C=C/C#N)cc2)s1. The number of sulfone groups is 1. The number of allylic oxidation sites excluding steroid dienone is 1. The number of nitriles is 1. The summed E-state index contributed by atoms with van der Waals surface area (Å²) in [6.45, 7) is 1.25. The monoisotopic (exact) mass is 413 g/mol. The first kappa shape index (κ1) is 19.5. The van der Waals surface area contributed by atoms with Gasteiger partial charge in [0, 0.05) is 24.1 Å². The van der Waals surface area contributed by atoms with Gasteiger partial charge in [-0.25, -0.2) is 8.42 Å². The summed E-state index contributed by atoms with van der Waals surface area (Å²) in [4.78, 5) is 10.8. The Morgan fingerprint density at radius 1 is 1.19 bits per heavy atom. The maximum absolute atomic E-state index is 12.2. The fourth-order valence-electron chi connectivity index (χ4n) is 1.63. The van der Waals surface area contributed by atoms with Crippen molar-refractivity contribution in [2.45, 2.75) is 16.2 Å². The van der Waals surface area contributed by atoms with Crippen LogP contribution in [-0.4, -0.2) is 32.9 Å². The van der Waals surface area contributed by atoms with E-state index < -0.39 is 25.8 Å². The van der Waals surface area contributed by atoms with Gasteiger partial charge >= 0.3 is 0 Å². The minimum atomic E-state index is -4.05. The van der Waals surface area contributed by atoms with Crippen molar-refractivity contribution in [2.75, 3.05) is 10.0 Å². The molecule has 0 atom stereocenters. The number of anilines is 2. The maximum atomic E-state index is 12.2. The Morgan fingerprint density at radius 3 is 2.42 bits per heavy atom. The normalized spacial score (nSPS) is 11.8. The Labute approximate surface area is 153 Å². The van der Waals surface area contributed by atoms with E-state index >= 15 is 0 Å². The van der Waals surface area contributed by atoms with Crippen LogP contribution in [0.5, 0.6) is 0 Å². The summed E-state index contributed by atoms with van der Waals surface area (Å²) in [6, 6.07) is 6.46. The molecule has 1 aromatic heterocycles. The van der Waals surface area contributed by atoms with Gasteiger partial charge in [-0.2, -0.15) is 13.7 Å². The Morgan fingerprint density at radius 2 is 1.85 bits per heavy atom. The van der Waals surface area contributed by atoms with Crippen molar-refractivity contribution >= 4 is 47.9 Å². The van der Waals surface area contributed by atoms with Crippen molar-refractivity contribution in [3.63, 3.8) is 0 Å². The second-order valence-electron chi connectivity index (χ2n) is 4.66. The highest BCUT2D eigenvalue weighted by Crippen LogP contribution is 2.23. The number of hydrogen-bond donors (Lipinski definition) is 2. The van der Waals surface area contributed by atoms with Crippen molar-refractivity contribution in [3.8, 4) is 6.07 Å². The van der Waals surface area contributed by atoms with E-state index in [0.29, 0.717) is 11.3 Å². The van der Waals surface area contributed by atoms with E-state index in [-0.39, 0.29) is 20.1 Å². The molecule has 26 heavy (non-hydrogen) atoms. The zero-order chi connectivity index (χ0) is 19.4. The summed E-state index contributed by atoms with van der Waals surface area (Å²) in [5.41, 5.74) is 0.101. The van der Waals surface area contributed by atoms with Crippen molar-refractivity contribution in [1.82, 2.24) is 10.2 Å². The van der Waals surface area contributed by atoms with Gasteiger partial charge in [0.15, 0.2) is 0 Å². The van der Waals surface area contributed by atoms with E-state index in [9.17, 15) is 21.6 Å². The van der Waals surface area contributed by atoms with Crippen molar-refractivity contribution in [1.29, 1.82) is 5.26 Å². The lowest BCUT2D eigenvalue weighted by Crippen LogP contribution is -2.12. The van der Waals surface area contributed by atoms with Crippen LogP contribution < -0.4 is 10.0 Å². The van der Waals surface area contributed by atoms with Crippen LogP contribution in [0.1, 0.15) is 6.92 Å². The van der Waals surface area contributed by atoms with Gasteiger partial charge < -0.3 is 5.32 Å². The van der Waals surface area contributed by atoms with Crippen molar-refractivity contribution < 1.29 is 21.6 Å². The third kappa shape index (κ3) is 4.85. The smallest absolute Gasteiger partial charge is 0.291 e. The molecule has 136 valence electrons. The van der Waals surface area contributed by atoms with Crippen LogP contribution >= 0.6 is 11.3 Å². The molecule has 0 aliphatic heterocycles. The highest BCUT2D eigenvalue weighted by molar-refractivity contribution is 7.94. The molecule has 0 radical (unpaired) electrons. The fraction of sp³-hybridized carbons (Fsp3) is 0.0769. The molecule has 1 aromatic carbocycles. The first-order valence-corrected chi connectivity index (χ1v) is 10.5. The van der Waals surface area contributed by atoms with Gasteiger partial charge in [-0.1, -0.05) is 11.3 Å². The number of hydrogen-bond acceptors (Lipinski definition) is 9. The van der Waals surface area contributed by atoms with Crippen LogP contribution in [0.3, 0.4) is 0 Å². The standard InChI is InChI=1S/C13H11N5O5S3/c1-9(19)15-12-16-17-13(24-12)26(22,23)18-10-3-5-11(6-4-10)25(20,21)8-2-7-14/h2-6,8,18H,1H3,(H,15,16,19)/b8-2+. The van der Waals surface area contributed by atoms with Crippen molar-refractivity contribution in [2.24, 2.45) is 0 Å². The minimum Gasteiger partial charge on any atom is -0.301 e. The van der Waals surface area contributed by atoms with Crippen LogP contribution in [0.25, 0.3) is 0 Å². The van der Waals surface area contributed by atoms with E-state index in [1.54, 1.807) is 6.07 Å². The van der Waals surface area contributed by atoms with Crippen molar-refractivity contribution in [3.05, 3.63) is 35.7 Å². The third-order valence-corrected chi connectivity index (χ3v) is 6.69. The minimum absolute atomic E-state index is 0.0311. The number of rotatable bonds is 6. The van der Waals surface area contributed by atoms with Crippen LogP contribution in [0.15, 0.2) is 45.0 Å². The molecule has 2 aromatic rings. The largest absolute Gasteiger partial charge is 0.301 e. The second kappa shape index (κ2) is 7.60. The van der Waals surface area contributed by atoms with Crippen LogP contribution in [0, 0.1) is 11.3 Å². The lowest BCUT2D eigenvalue weighted by molar-refractivity contribution is -0.114. The summed E-state index contributed by atoms with van der Waals surface area (Å²) < 4.78 is 50.1. The predicted octanol–water partition coefficient (Wildman–Crippen LogP) is 1.11. The van der Waals surface area contributed by atoms with E-state index in [0.717, 1.165) is 11.5 Å². The molecule has 13 heteroatoms. The number of aromatic nitrogens is 2. The van der Waals surface area contributed by atoms with Gasteiger partial charge in [0.05, 0.1) is 11.0 Å². The van der Waals surface area contributed by atoms with Gasteiger partial charge in [-0.15, -0.1) is 10.2 Å². The molecule has 0 bridgehead atoms. The van der Waals surface area contributed by atoms with Crippen LogP contribution in [-0.2, 0) is 24.7 Å². The summed E-state index contributed by atoms with van der Waals surface area (Å²) in [5.74, 6) is -0.416. The number of nitrogens with one attached hydrogen (secondary N) is 2. The van der Waals surface area contributed by atoms with E-state index in [2.05, 4.69) is 20.2 Å². The average molecular weight is 413 g/mol. The molecule has 10 nitrogen and oxygen atoms in total. The lowest BCUT2D eigenvalue weighted by Gasteiger charge is -2.06. The molecule has 2 rings (SSSR count). The Kier molecular flexibility index (Phi) is 5.70. The van der Waals surface area contributed by atoms with Gasteiger partial charge in [0.25, 0.3) is 14.4 Å². The zero-order valence-corrected chi connectivity index (χ0v) is 15.5. The number of sulfonamides is 1. The molecular weight excluding hydrogens is 402 g/mol. The fourth-order valence-corrected chi connectivity index (χ4v) is 4.55. The Hall–Kier alpha value is -2.82. The molecule has 0 spiro atoms. The van der Waals surface area contributed by atoms with E-state index in [1.165, 1.54) is 31.2 Å². The van der Waals surface area contributed by atoms with Gasteiger partial charge in [0.2, 0.25) is 20.9 Å². The lowest BCUT2D eigenvalue weighted by atomic mass is 10.3. The average Bonchev–Trinajstić information content (AvgIpc) is 3.02. The molecule has 0 saturated carbocycles. The summed E-state index contributed by atoms with van der Waals surface area (Å²) in [5, 5.41) is 18.5. The second-order valence-corrected chi connectivity index (χ2v) is 9.33. The van der Waals surface area contributed by atoms with Crippen LogP contribution in [0.2, 0.25) is 0 Å². The summed E-state index contributed by atoms with van der Waals surface area (Å²) in [6.07, 6.45) is 0.827. The number of amides is 1. The number of carbonyl (C=O) groups excluding carboxylic acids is 1. The topological polar surface area (TPSA) is 159 Å². The molecule has 0 aliphatic rings. The first-order valence-electron chi connectivity index (χ1n) is 6.69. The molecule has 1 heterocycles. The van der Waals surface area contributed by atoms with Gasteiger partial charge in [-0.05, 0) is 24.3 Å². The molecular formula is C13H11N5O5S3. The molecule has 2 N–H and O–H groups in total. The first-order chi connectivity index (χ1) is 12.1. The van der Waals surface area contributed by atoms with E-state index in [1.807, 2.05) is 0 Å². The third-order valence-electron chi connectivity index (χ3n) is 2.68. The van der Waals surface area contributed by atoms with Gasteiger partial charge in [-0.3, -0.25) is 9.52 Å². The zero-order valence-electron chi connectivity index (χ0n) is 13.1. The molecule has 1 amide bonds. The number of nitrogens with zero attached hydrogens (tertiary/aromatic N) is 3. The number of benzene rings is 1. The van der Waals surface area contributed by atoms with E-state index in [4.69, 9.17) is 5.26 Å². The summed E-state index contributed by atoms with van der Waals surface area (Å²) >= 11 is 0.664. The highest BCUT2D eigenvalue weighted by Gasteiger charge is 2.21. The maximum Gasteiger partial charge on any atom is 0.291 e. The highest BCUT2D eigenvalue weighted by atomic mass is 32.2. The molecule has 0 saturated heterocycles. The van der Waals surface area contributed by atoms with Crippen LogP contribution in [0.4, 0.5) is 10.8 Å². The number of carbonyl (C=O) groups is 1. The molecule has 0 fully saturated rings. The summed E-state index contributed by atoms with van der Waals surface area (Å²) in [7, 11) is -7.84. The molecule has 0 unspecified atom stereocenters. The Balaban J connectivity index is 2.20.